The van der Waals surface area contributed by atoms with Crippen molar-refractivity contribution in [1.29, 1.82) is 0 Å². The first-order valence-corrected chi connectivity index (χ1v) is 10.4. The highest BCUT2D eigenvalue weighted by Crippen LogP contribution is 2.25. The van der Waals surface area contributed by atoms with Crippen LogP contribution in [0, 0.1) is 5.82 Å². The van der Waals surface area contributed by atoms with Gasteiger partial charge in [-0.25, -0.2) is 9.18 Å². The van der Waals surface area contributed by atoms with Gasteiger partial charge in [0.2, 0.25) is 0 Å². The lowest BCUT2D eigenvalue weighted by atomic mass is 10.0. The van der Waals surface area contributed by atoms with Crippen molar-refractivity contribution in [3.8, 4) is 0 Å². The minimum atomic E-state index is -0.516. The van der Waals surface area contributed by atoms with Gasteiger partial charge in [-0.3, -0.25) is 4.57 Å². The van der Waals surface area contributed by atoms with Crippen LogP contribution < -0.4 is 5.69 Å². The van der Waals surface area contributed by atoms with Crippen molar-refractivity contribution >= 4 is 21.9 Å². The number of likely N-dealkylation sites (tertiary alicyclic amines) is 1. The van der Waals surface area contributed by atoms with Crippen LogP contribution in [-0.2, 0) is 6.54 Å². The predicted molar refractivity (Wildman–Crippen MR) is 115 cm³/mol. The summed E-state index contributed by atoms with van der Waals surface area (Å²) >= 11 is 0. The van der Waals surface area contributed by atoms with Gasteiger partial charge in [0, 0.05) is 49.3 Å². The standard InChI is InChI=1S/C23H25FN4O2/c24-17-5-6-21-16(13-17)7-12-27(21)15-19(29)14-26-10-8-18(9-11-26)28-22-4-2-1-3-20(22)25-23(28)30/h1-7,12-13,18-19,29H,8-11,14-15H2,(H,25,30). The molecule has 6 nitrogen and oxygen atoms in total. The van der Waals surface area contributed by atoms with E-state index in [0.29, 0.717) is 13.1 Å². The van der Waals surface area contributed by atoms with Crippen molar-refractivity contribution in [1.82, 2.24) is 19.0 Å². The number of aromatic nitrogens is 3. The number of aromatic amines is 1. The first-order valence-electron chi connectivity index (χ1n) is 10.4. The molecule has 0 spiro atoms. The van der Waals surface area contributed by atoms with Crippen molar-refractivity contribution in [3.05, 3.63) is 71.0 Å². The van der Waals surface area contributed by atoms with E-state index < -0.39 is 6.10 Å². The molecular weight excluding hydrogens is 383 g/mol. The smallest absolute Gasteiger partial charge is 0.326 e. The van der Waals surface area contributed by atoms with Gasteiger partial charge >= 0.3 is 5.69 Å². The third-order valence-electron chi connectivity index (χ3n) is 6.16. The molecule has 156 valence electrons. The number of H-pyrrole nitrogens is 1. The largest absolute Gasteiger partial charge is 0.390 e. The summed E-state index contributed by atoms with van der Waals surface area (Å²) in [6.07, 6.45) is 3.13. The molecule has 0 radical (unpaired) electrons. The number of imidazole rings is 1. The highest BCUT2D eigenvalue weighted by Gasteiger charge is 2.24. The highest BCUT2D eigenvalue weighted by atomic mass is 19.1. The van der Waals surface area contributed by atoms with E-state index in [9.17, 15) is 14.3 Å². The van der Waals surface area contributed by atoms with Crippen molar-refractivity contribution in [2.75, 3.05) is 19.6 Å². The Bertz CT molecular complexity index is 1230. The molecule has 3 heterocycles. The summed E-state index contributed by atoms with van der Waals surface area (Å²) in [5.41, 5.74) is 2.70. The van der Waals surface area contributed by atoms with Gasteiger partial charge in [-0.15, -0.1) is 0 Å². The Hall–Kier alpha value is -2.90. The van der Waals surface area contributed by atoms with Gasteiger partial charge in [-0.1, -0.05) is 12.1 Å². The van der Waals surface area contributed by atoms with E-state index in [-0.39, 0.29) is 17.5 Å². The lowest BCUT2D eigenvalue weighted by Gasteiger charge is -2.33. The molecule has 7 heteroatoms. The zero-order valence-electron chi connectivity index (χ0n) is 16.7. The monoisotopic (exact) mass is 408 g/mol. The van der Waals surface area contributed by atoms with E-state index in [2.05, 4.69) is 9.88 Å². The summed E-state index contributed by atoms with van der Waals surface area (Å²) in [7, 11) is 0. The van der Waals surface area contributed by atoms with Gasteiger partial charge in [0.15, 0.2) is 0 Å². The first-order chi connectivity index (χ1) is 14.6. The molecule has 0 aliphatic carbocycles. The van der Waals surface area contributed by atoms with Gasteiger partial charge in [-0.2, -0.15) is 0 Å². The quantitative estimate of drug-likeness (QED) is 0.533. The molecule has 0 saturated carbocycles. The molecule has 1 fully saturated rings. The van der Waals surface area contributed by atoms with Crippen LogP contribution in [0.25, 0.3) is 21.9 Å². The van der Waals surface area contributed by atoms with Gasteiger partial charge in [0.1, 0.15) is 5.82 Å². The average molecular weight is 408 g/mol. The van der Waals surface area contributed by atoms with E-state index in [4.69, 9.17) is 0 Å². The second kappa shape index (κ2) is 7.74. The number of piperidine rings is 1. The predicted octanol–water partition coefficient (Wildman–Crippen LogP) is 3.12. The number of β-amino-alcohol motifs (C(OH)–C–C–N with tert-alkyl or cyclic N) is 1. The van der Waals surface area contributed by atoms with Crippen LogP contribution in [0.3, 0.4) is 0 Å². The summed E-state index contributed by atoms with van der Waals surface area (Å²) < 4.78 is 17.2. The number of nitrogens with zero attached hydrogens (tertiary/aromatic N) is 3. The van der Waals surface area contributed by atoms with E-state index in [1.807, 2.05) is 45.7 Å². The summed E-state index contributed by atoms with van der Waals surface area (Å²) in [5, 5.41) is 11.5. The molecule has 2 aromatic carbocycles. The minimum absolute atomic E-state index is 0.0504. The fourth-order valence-corrected chi connectivity index (χ4v) is 4.71. The maximum atomic E-state index is 13.4. The van der Waals surface area contributed by atoms with Crippen LogP contribution in [0.1, 0.15) is 18.9 Å². The van der Waals surface area contributed by atoms with E-state index in [1.165, 1.54) is 12.1 Å². The topological polar surface area (TPSA) is 66.2 Å². The lowest BCUT2D eigenvalue weighted by Crippen LogP contribution is -2.41. The molecule has 1 saturated heterocycles. The number of aliphatic hydroxyl groups is 1. The fraction of sp³-hybridized carbons (Fsp3) is 0.348. The summed E-state index contributed by atoms with van der Waals surface area (Å²) in [6.45, 7) is 2.73. The van der Waals surface area contributed by atoms with Crippen molar-refractivity contribution < 1.29 is 9.50 Å². The van der Waals surface area contributed by atoms with Gasteiger partial charge < -0.3 is 19.6 Å². The Morgan fingerprint density at radius 2 is 1.87 bits per heavy atom. The number of hydrogen-bond acceptors (Lipinski definition) is 3. The zero-order chi connectivity index (χ0) is 20.7. The second-order valence-corrected chi connectivity index (χ2v) is 8.17. The molecular formula is C23H25FN4O2. The van der Waals surface area contributed by atoms with Crippen LogP contribution in [0.5, 0.6) is 0 Å². The number of benzene rings is 2. The number of fused-ring (bicyclic) bond motifs is 2. The van der Waals surface area contributed by atoms with Crippen molar-refractivity contribution in [2.45, 2.75) is 31.5 Å². The molecule has 1 atom stereocenters. The van der Waals surface area contributed by atoms with Crippen LogP contribution in [0.4, 0.5) is 4.39 Å². The number of halogens is 1. The van der Waals surface area contributed by atoms with Crippen molar-refractivity contribution in [2.24, 2.45) is 0 Å². The number of aliphatic hydroxyl groups excluding tert-OH is 1. The molecule has 30 heavy (non-hydrogen) atoms. The maximum absolute atomic E-state index is 13.4. The minimum Gasteiger partial charge on any atom is -0.390 e. The Balaban J connectivity index is 1.21. The molecule has 4 aromatic rings. The Labute approximate surface area is 173 Å². The van der Waals surface area contributed by atoms with Crippen molar-refractivity contribution in [3.63, 3.8) is 0 Å². The van der Waals surface area contributed by atoms with Gasteiger partial charge in [0.05, 0.1) is 17.1 Å². The summed E-state index contributed by atoms with van der Waals surface area (Å²) in [4.78, 5) is 17.6. The molecule has 1 aliphatic rings. The number of rotatable bonds is 5. The van der Waals surface area contributed by atoms with E-state index in [1.54, 1.807) is 6.07 Å². The molecule has 0 amide bonds. The third-order valence-corrected chi connectivity index (χ3v) is 6.16. The van der Waals surface area contributed by atoms with Crippen LogP contribution in [0.2, 0.25) is 0 Å². The Morgan fingerprint density at radius 1 is 1.07 bits per heavy atom. The molecule has 0 bridgehead atoms. The molecule has 1 unspecified atom stereocenters. The normalized spacial score (nSPS) is 17.1. The van der Waals surface area contributed by atoms with E-state index in [0.717, 1.165) is 47.9 Å². The zero-order valence-corrected chi connectivity index (χ0v) is 16.7. The Kier molecular flexibility index (Phi) is 4.92. The summed E-state index contributed by atoms with van der Waals surface area (Å²) in [5.74, 6) is -0.252. The van der Waals surface area contributed by atoms with E-state index >= 15 is 0 Å². The third kappa shape index (κ3) is 3.55. The average Bonchev–Trinajstić information content (AvgIpc) is 3.28. The molecule has 1 aliphatic heterocycles. The van der Waals surface area contributed by atoms with Crippen LogP contribution >= 0.6 is 0 Å². The summed E-state index contributed by atoms with van der Waals surface area (Å²) in [6, 6.07) is 14.5. The molecule has 2 N–H and O–H groups in total. The molecule has 5 rings (SSSR count). The molecule has 2 aromatic heterocycles. The number of para-hydroxylation sites is 2. The Morgan fingerprint density at radius 3 is 2.70 bits per heavy atom. The number of hydrogen-bond donors (Lipinski definition) is 2. The highest BCUT2D eigenvalue weighted by molar-refractivity contribution is 5.80. The van der Waals surface area contributed by atoms with Gasteiger partial charge in [-0.05, 0) is 49.2 Å². The van der Waals surface area contributed by atoms with Crippen LogP contribution in [0.15, 0.2) is 59.5 Å². The fourth-order valence-electron chi connectivity index (χ4n) is 4.71. The maximum Gasteiger partial charge on any atom is 0.326 e. The number of nitrogens with one attached hydrogen (secondary N) is 1. The first kappa shape index (κ1) is 19.1. The second-order valence-electron chi connectivity index (χ2n) is 8.17. The SMILES string of the molecule is O=c1[nH]c2ccccc2n1C1CCN(CC(O)Cn2ccc3cc(F)ccc32)CC1. The van der Waals surface area contributed by atoms with Gasteiger partial charge in [0.25, 0.3) is 0 Å². The lowest BCUT2D eigenvalue weighted by molar-refractivity contribution is 0.0802. The van der Waals surface area contributed by atoms with Crippen LogP contribution in [-0.4, -0.2) is 49.9 Å².